The number of carbonyl (C=O) groups excluding carboxylic acids is 1. The van der Waals surface area contributed by atoms with Crippen molar-refractivity contribution in [2.45, 2.75) is 13.0 Å². The van der Waals surface area contributed by atoms with Crippen LogP contribution in [0.5, 0.6) is 0 Å². The van der Waals surface area contributed by atoms with E-state index in [1.165, 1.54) is 0 Å². The molecule has 3 heterocycles. The van der Waals surface area contributed by atoms with E-state index in [9.17, 15) is 4.79 Å². The fourth-order valence-corrected chi connectivity index (χ4v) is 3.02. The Morgan fingerprint density at radius 2 is 2.07 bits per heavy atom. The molecule has 1 amide bonds. The molecule has 4 N–H and O–H groups in total. The number of rotatable bonds is 4. The van der Waals surface area contributed by atoms with Crippen molar-refractivity contribution < 1.29 is 4.79 Å². The summed E-state index contributed by atoms with van der Waals surface area (Å²) in [4.78, 5) is 21.2. The molecule has 4 rings (SSSR count). The molecular weight excluding hydrogens is 340 g/mol. The molecule has 4 aromatic rings. The van der Waals surface area contributed by atoms with E-state index in [0.29, 0.717) is 16.9 Å². The topological polar surface area (TPSA) is 110 Å². The predicted octanol–water partition coefficient (Wildman–Crippen LogP) is 3.29. The lowest BCUT2D eigenvalue weighted by Crippen LogP contribution is -2.14. The Labute approximate surface area is 155 Å². The molecule has 0 radical (unpaired) electrons. The second-order valence-corrected chi connectivity index (χ2v) is 6.28. The molecule has 1 atom stereocenters. The van der Waals surface area contributed by atoms with E-state index in [2.05, 4.69) is 25.5 Å². The van der Waals surface area contributed by atoms with Gasteiger partial charge in [0.1, 0.15) is 0 Å². The number of H-pyrrole nitrogens is 1. The summed E-state index contributed by atoms with van der Waals surface area (Å²) in [6, 6.07) is 10.9. The molecule has 0 saturated heterocycles. The smallest absolute Gasteiger partial charge is 0.255 e. The molecule has 0 saturated carbocycles. The van der Waals surface area contributed by atoms with Gasteiger partial charge in [-0.3, -0.25) is 14.9 Å². The minimum absolute atomic E-state index is 0.164. The summed E-state index contributed by atoms with van der Waals surface area (Å²) in [5.41, 5.74) is 10.7. The maximum Gasteiger partial charge on any atom is 0.255 e. The minimum Gasteiger partial charge on any atom is -0.324 e. The first-order chi connectivity index (χ1) is 13.1. The quantitative estimate of drug-likeness (QED) is 0.518. The van der Waals surface area contributed by atoms with Gasteiger partial charge in [-0.05, 0) is 42.3 Å². The fourth-order valence-electron chi connectivity index (χ4n) is 3.02. The van der Waals surface area contributed by atoms with Crippen LogP contribution in [0, 0.1) is 0 Å². The molecule has 3 aromatic heterocycles. The van der Waals surface area contributed by atoms with Gasteiger partial charge in [0.05, 0.1) is 17.3 Å². The van der Waals surface area contributed by atoms with E-state index in [4.69, 9.17) is 5.73 Å². The van der Waals surface area contributed by atoms with Crippen LogP contribution in [0.2, 0.25) is 0 Å². The Morgan fingerprint density at radius 1 is 1.19 bits per heavy atom. The van der Waals surface area contributed by atoms with Crippen LogP contribution in [-0.4, -0.2) is 26.1 Å². The molecule has 7 heteroatoms. The first-order valence-electron chi connectivity index (χ1n) is 8.53. The SMILES string of the molecule is CC(N)c1ccc(C(=O)Nc2ccnc3[nH]ncc23)cc1-c1cccnc1. The van der Waals surface area contributed by atoms with Crippen LogP contribution in [0.25, 0.3) is 22.2 Å². The highest BCUT2D eigenvalue weighted by atomic mass is 16.1. The molecule has 0 aliphatic heterocycles. The van der Waals surface area contributed by atoms with Gasteiger partial charge in [-0.2, -0.15) is 5.10 Å². The molecule has 7 nitrogen and oxygen atoms in total. The molecule has 0 bridgehead atoms. The first kappa shape index (κ1) is 16.9. The standard InChI is InChI=1S/C20H18N6O/c1-12(21)15-5-4-13(9-16(15)14-3-2-7-22-10-14)20(27)25-18-6-8-23-19-17(18)11-24-26-19/h2-12H,21H2,1H3,(H2,23,24,25,26,27). The summed E-state index contributed by atoms with van der Waals surface area (Å²) in [5, 5.41) is 10.4. The number of hydrogen-bond donors (Lipinski definition) is 3. The first-order valence-corrected chi connectivity index (χ1v) is 8.53. The number of nitrogens with two attached hydrogens (primary N) is 1. The van der Waals surface area contributed by atoms with Gasteiger partial charge in [-0.1, -0.05) is 12.1 Å². The van der Waals surface area contributed by atoms with Gasteiger partial charge in [0.25, 0.3) is 5.91 Å². The Balaban J connectivity index is 1.71. The third-order valence-electron chi connectivity index (χ3n) is 4.38. The van der Waals surface area contributed by atoms with Crippen LogP contribution in [0.15, 0.2) is 61.2 Å². The molecule has 27 heavy (non-hydrogen) atoms. The van der Waals surface area contributed by atoms with Crippen LogP contribution in [0.1, 0.15) is 28.9 Å². The van der Waals surface area contributed by atoms with Crippen molar-refractivity contribution >= 4 is 22.6 Å². The second kappa shape index (κ2) is 6.97. The third kappa shape index (κ3) is 3.28. The number of benzene rings is 1. The molecule has 0 spiro atoms. The maximum absolute atomic E-state index is 12.8. The molecule has 0 aliphatic carbocycles. The van der Waals surface area contributed by atoms with Crippen LogP contribution in [-0.2, 0) is 0 Å². The van der Waals surface area contributed by atoms with Crippen LogP contribution < -0.4 is 11.1 Å². The second-order valence-electron chi connectivity index (χ2n) is 6.28. The van der Waals surface area contributed by atoms with Crippen molar-refractivity contribution in [3.05, 3.63) is 72.3 Å². The number of carbonyl (C=O) groups is 1. The van der Waals surface area contributed by atoms with Crippen LogP contribution in [0.3, 0.4) is 0 Å². The third-order valence-corrected chi connectivity index (χ3v) is 4.38. The molecule has 0 fully saturated rings. The van der Waals surface area contributed by atoms with Crippen molar-refractivity contribution in [1.82, 2.24) is 20.2 Å². The van der Waals surface area contributed by atoms with E-state index < -0.39 is 0 Å². The fraction of sp³-hybridized carbons (Fsp3) is 0.100. The molecule has 0 aliphatic rings. The van der Waals surface area contributed by atoms with Crippen molar-refractivity contribution in [2.75, 3.05) is 5.32 Å². The van der Waals surface area contributed by atoms with Crippen LogP contribution >= 0.6 is 0 Å². The number of aromatic amines is 1. The van der Waals surface area contributed by atoms with E-state index in [0.717, 1.165) is 22.1 Å². The summed E-state index contributed by atoms with van der Waals surface area (Å²) in [7, 11) is 0. The zero-order valence-electron chi connectivity index (χ0n) is 14.7. The molecule has 1 aromatic carbocycles. The summed E-state index contributed by atoms with van der Waals surface area (Å²) >= 11 is 0. The Morgan fingerprint density at radius 3 is 2.85 bits per heavy atom. The number of fused-ring (bicyclic) bond motifs is 1. The minimum atomic E-state index is -0.218. The average molecular weight is 358 g/mol. The highest BCUT2D eigenvalue weighted by Crippen LogP contribution is 2.28. The zero-order valence-corrected chi connectivity index (χ0v) is 14.7. The van der Waals surface area contributed by atoms with E-state index >= 15 is 0 Å². The van der Waals surface area contributed by atoms with Crippen LogP contribution in [0.4, 0.5) is 5.69 Å². The molecular formula is C20H18N6O. The van der Waals surface area contributed by atoms with Crippen molar-refractivity contribution in [1.29, 1.82) is 0 Å². The predicted molar refractivity (Wildman–Crippen MR) is 104 cm³/mol. The Hall–Kier alpha value is -3.58. The van der Waals surface area contributed by atoms with Crippen molar-refractivity contribution in [3.63, 3.8) is 0 Å². The van der Waals surface area contributed by atoms with E-state index in [1.807, 2.05) is 31.2 Å². The van der Waals surface area contributed by atoms with Gasteiger partial charge >= 0.3 is 0 Å². The molecule has 1 unspecified atom stereocenters. The summed E-state index contributed by atoms with van der Waals surface area (Å²) in [5.74, 6) is -0.218. The number of nitrogens with zero attached hydrogens (tertiary/aromatic N) is 3. The summed E-state index contributed by atoms with van der Waals surface area (Å²) < 4.78 is 0. The monoisotopic (exact) mass is 358 g/mol. The Bertz CT molecular complexity index is 1100. The molecule has 134 valence electrons. The van der Waals surface area contributed by atoms with Gasteiger partial charge in [0.15, 0.2) is 5.65 Å². The Kier molecular flexibility index (Phi) is 4.35. The van der Waals surface area contributed by atoms with Crippen molar-refractivity contribution in [2.24, 2.45) is 5.73 Å². The largest absolute Gasteiger partial charge is 0.324 e. The number of hydrogen-bond acceptors (Lipinski definition) is 5. The van der Waals surface area contributed by atoms with E-state index in [1.54, 1.807) is 36.9 Å². The van der Waals surface area contributed by atoms with Gasteiger partial charge in [0.2, 0.25) is 0 Å². The summed E-state index contributed by atoms with van der Waals surface area (Å²) in [6.07, 6.45) is 6.74. The lowest BCUT2D eigenvalue weighted by Gasteiger charge is -2.15. The van der Waals surface area contributed by atoms with E-state index in [-0.39, 0.29) is 11.9 Å². The highest BCUT2D eigenvalue weighted by Gasteiger charge is 2.15. The number of nitrogens with one attached hydrogen (secondary N) is 2. The lowest BCUT2D eigenvalue weighted by molar-refractivity contribution is 0.102. The number of pyridine rings is 2. The van der Waals surface area contributed by atoms with Gasteiger partial charge in [0, 0.05) is 35.8 Å². The highest BCUT2D eigenvalue weighted by molar-refractivity contribution is 6.08. The van der Waals surface area contributed by atoms with Gasteiger partial charge in [-0.25, -0.2) is 4.98 Å². The normalized spacial score (nSPS) is 12.1. The number of aromatic nitrogens is 4. The van der Waals surface area contributed by atoms with Crippen molar-refractivity contribution in [3.8, 4) is 11.1 Å². The summed E-state index contributed by atoms with van der Waals surface area (Å²) in [6.45, 7) is 1.92. The maximum atomic E-state index is 12.8. The average Bonchev–Trinajstić information content (AvgIpc) is 3.18. The zero-order chi connectivity index (χ0) is 18.8. The number of amides is 1. The number of anilines is 1. The van der Waals surface area contributed by atoms with Gasteiger partial charge < -0.3 is 11.1 Å². The van der Waals surface area contributed by atoms with Gasteiger partial charge in [-0.15, -0.1) is 0 Å². The lowest BCUT2D eigenvalue weighted by atomic mass is 9.94.